The molecule has 0 fully saturated rings. The molecule has 0 bridgehead atoms. The molecule has 0 unspecified atom stereocenters. The minimum atomic E-state index is 0.229. The monoisotopic (exact) mass is 178 g/mol. The molecule has 0 aliphatic carbocycles. The maximum Gasteiger partial charge on any atom is 0.237 e. The van der Waals surface area contributed by atoms with E-state index in [9.17, 15) is 0 Å². The molecule has 1 aromatic rings. The van der Waals surface area contributed by atoms with E-state index in [0.29, 0.717) is 0 Å². The Morgan fingerprint density at radius 1 is 1.62 bits per heavy atom. The van der Waals surface area contributed by atoms with Crippen LogP contribution >= 0.6 is 0 Å². The van der Waals surface area contributed by atoms with Crippen LogP contribution in [0.1, 0.15) is 12.5 Å². The van der Waals surface area contributed by atoms with Crippen LogP contribution in [0.2, 0.25) is 0 Å². The van der Waals surface area contributed by atoms with E-state index in [1.54, 1.807) is 0 Å². The van der Waals surface area contributed by atoms with Gasteiger partial charge >= 0.3 is 0 Å². The summed E-state index contributed by atoms with van der Waals surface area (Å²) in [7, 11) is 2.07. The van der Waals surface area contributed by atoms with E-state index in [4.69, 9.17) is 4.74 Å². The fraction of sp³-hybridized carbons (Fsp3) is 0.500. The number of pyridine rings is 1. The van der Waals surface area contributed by atoms with Gasteiger partial charge in [-0.1, -0.05) is 0 Å². The minimum Gasteiger partial charge on any atom is -0.471 e. The Bertz CT molecular complexity index is 325. The molecule has 0 spiro atoms. The second kappa shape index (κ2) is 2.91. The first kappa shape index (κ1) is 8.35. The summed E-state index contributed by atoms with van der Waals surface area (Å²) in [5.41, 5.74) is 2.27. The van der Waals surface area contributed by atoms with Gasteiger partial charge in [-0.15, -0.1) is 0 Å². The minimum absolute atomic E-state index is 0.229. The quantitative estimate of drug-likeness (QED) is 0.603. The highest BCUT2D eigenvalue weighted by Gasteiger charge is 2.20. The van der Waals surface area contributed by atoms with E-state index in [-0.39, 0.29) is 6.10 Å². The van der Waals surface area contributed by atoms with Crippen LogP contribution in [0.4, 0.5) is 5.69 Å². The summed E-state index contributed by atoms with van der Waals surface area (Å²) in [6.07, 6.45) is 2.07. The van der Waals surface area contributed by atoms with Crippen molar-refractivity contribution in [3.63, 3.8) is 0 Å². The average molecular weight is 178 g/mol. The summed E-state index contributed by atoms with van der Waals surface area (Å²) in [5, 5.41) is 0. The van der Waals surface area contributed by atoms with Crippen molar-refractivity contribution in [2.75, 3.05) is 18.5 Å². The number of rotatable bonds is 0. The molecule has 3 nitrogen and oxygen atoms in total. The molecule has 1 aliphatic rings. The Hall–Kier alpha value is -1.25. The molecular weight excluding hydrogens is 164 g/mol. The Morgan fingerprint density at radius 3 is 3.15 bits per heavy atom. The van der Waals surface area contributed by atoms with Crippen LogP contribution < -0.4 is 9.64 Å². The Balaban J connectivity index is 2.43. The third kappa shape index (κ3) is 1.46. The first-order valence-corrected chi connectivity index (χ1v) is 4.51. The van der Waals surface area contributed by atoms with Gasteiger partial charge in [-0.3, -0.25) is 0 Å². The highest BCUT2D eigenvalue weighted by Crippen LogP contribution is 2.30. The summed E-state index contributed by atoms with van der Waals surface area (Å²) >= 11 is 0. The zero-order chi connectivity index (χ0) is 9.42. The molecule has 0 saturated carbocycles. The molecule has 0 radical (unpaired) electrons. The lowest BCUT2D eigenvalue weighted by Gasteiger charge is -2.31. The molecule has 1 aliphatic heterocycles. The molecule has 1 aromatic heterocycles. The van der Waals surface area contributed by atoms with E-state index < -0.39 is 0 Å². The molecule has 70 valence electrons. The predicted octanol–water partition coefficient (Wildman–Crippen LogP) is 1.61. The van der Waals surface area contributed by atoms with Crippen molar-refractivity contribution in [3.05, 3.63) is 17.8 Å². The van der Waals surface area contributed by atoms with Crippen molar-refractivity contribution >= 4 is 5.69 Å². The first-order valence-electron chi connectivity index (χ1n) is 4.51. The third-order valence-corrected chi connectivity index (χ3v) is 2.22. The number of hydrogen-bond donors (Lipinski definition) is 0. The number of anilines is 1. The molecule has 0 N–H and O–H groups in total. The topological polar surface area (TPSA) is 25.4 Å². The normalized spacial score (nSPS) is 20.8. The van der Waals surface area contributed by atoms with Gasteiger partial charge in [-0.25, -0.2) is 4.98 Å². The van der Waals surface area contributed by atoms with E-state index in [1.165, 1.54) is 5.56 Å². The molecule has 0 aromatic carbocycles. The van der Waals surface area contributed by atoms with Gasteiger partial charge in [0.2, 0.25) is 5.88 Å². The zero-order valence-electron chi connectivity index (χ0n) is 8.24. The number of ether oxygens (including phenoxy) is 1. The maximum atomic E-state index is 5.60. The van der Waals surface area contributed by atoms with Crippen LogP contribution in [0, 0.1) is 6.92 Å². The molecule has 0 amide bonds. The van der Waals surface area contributed by atoms with Crippen molar-refractivity contribution in [3.8, 4) is 5.88 Å². The van der Waals surface area contributed by atoms with Crippen molar-refractivity contribution in [2.24, 2.45) is 0 Å². The lowest BCUT2D eigenvalue weighted by atomic mass is 10.2. The maximum absolute atomic E-state index is 5.60. The molecule has 3 heteroatoms. The van der Waals surface area contributed by atoms with Gasteiger partial charge in [0.15, 0.2) is 0 Å². The fourth-order valence-electron chi connectivity index (χ4n) is 1.62. The molecule has 2 heterocycles. The smallest absolute Gasteiger partial charge is 0.237 e. The molecule has 2 rings (SSSR count). The van der Waals surface area contributed by atoms with Crippen LogP contribution in [0.15, 0.2) is 12.3 Å². The fourth-order valence-corrected chi connectivity index (χ4v) is 1.62. The Morgan fingerprint density at radius 2 is 2.38 bits per heavy atom. The van der Waals surface area contributed by atoms with Gasteiger partial charge in [-0.05, 0) is 25.5 Å². The van der Waals surface area contributed by atoms with Gasteiger partial charge in [0.1, 0.15) is 11.8 Å². The summed E-state index contributed by atoms with van der Waals surface area (Å²) in [6, 6.07) is 2.11. The predicted molar refractivity (Wildman–Crippen MR) is 52.3 cm³/mol. The average Bonchev–Trinajstić information content (AvgIpc) is 2.06. The molecular formula is C10H14N2O. The number of aryl methyl sites for hydroxylation is 1. The number of fused-ring (bicyclic) bond motifs is 1. The summed E-state index contributed by atoms with van der Waals surface area (Å²) < 4.78 is 5.60. The van der Waals surface area contributed by atoms with Crippen molar-refractivity contribution in [1.82, 2.24) is 4.98 Å². The van der Waals surface area contributed by atoms with E-state index in [2.05, 4.69) is 29.9 Å². The first-order chi connectivity index (χ1) is 6.16. The van der Waals surface area contributed by atoms with Crippen LogP contribution in [0.5, 0.6) is 5.88 Å². The zero-order valence-corrected chi connectivity index (χ0v) is 8.24. The van der Waals surface area contributed by atoms with Crippen LogP contribution in [0.3, 0.4) is 0 Å². The second-order valence-corrected chi connectivity index (χ2v) is 3.65. The number of likely N-dealkylation sites (N-methyl/N-ethyl adjacent to an activating group) is 1. The van der Waals surface area contributed by atoms with Crippen LogP contribution in [0.25, 0.3) is 0 Å². The second-order valence-electron chi connectivity index (χ2n) is 3.65. The molecule has 13 heavy (non-hydrogen) atoms. The van der Waals surface area contributed by atoms with Gasteiger partial charge in [0.25, 0.3) is 0 Å². The number of hydrogen-bond acceptors (Lipinski definition) is 3. The Kier molecular flexibility index (Phi) is 1.87. The molecule has 1 atom stereocenters. The van der Waals surface area contributed by atoms with Gasteiger partial charge in [0, 0.05) is 13.2 Å². The SMILES string of the molecule is Cc1cnc2c(c1)N(C)C[C@H](C)O2. The number of nitrogens with zero attached hydrogens (tertiary/aromatic N) is 2. The number of aromatic nitrogens is 1. The van der Waals surface area contributed by atoms with Gasteiger partial charge in [0.05, 0.1) is 6.54 Å². The van der Waals surface area contributed by atoms with Crippen molar-refractivity contribution in [2.45, 2.75) is 20.0 Å². The van der Waals surface area contributed by atoms with Crippen LogP contribution in [-0.2, 0) is 0 Å². The molecule has 0 saturated heterocycles. The lowest BCUT2D eigenvalue weighted by Crippen LogP contribution is -2.36. The van der Waals surface area contributed by atoms with Gasteiger partial charge in [-0.2, -0.15) is 0 Å². The summed E-state index contributed by atoms with van der Waals surface area (Å²) in [5.74, 6) is 0.756. The standard InChI is InChI=1S/C10H14N2O/c1-7-4-9-10(11-5-7)13-8(2)6-12(9)3/h4-5,8H,6H2,1-3H3/t8-/m0/s1. The third-order valence-electron chi connectivity index (χ3n) is 2.22. The highest BCUT2D eigenvalue weighted by atomic mass is 16.5. The summed E-state index contributed by atoms with van der Waals surface area (Å²) in [4.78, 5) is 6.44. The van der Waals surface area contributed by atoms with E-state index in [0.717, 1.165) is 18.1 Å². The summed E-state index contributed by atoms with van der Waals surface area (Å²) in [6.45, 7) is 5.03. The van der Waals surface area contributed by atoms with E-state index >= 15 is 0 Å². The van der Waals surface area contributed by atoms with E-state index in [1.807, 2.05) is 13.1 Å². The van der Waals surface area contributed by atoms with Crippen molar-refractivity contribution < 1.29 is 4.74 Å². The highest BCUT2D eigenvalue weighted by molar-refractivity contribution is 5.57. The Labute approximate surface area is 78.3 Å². The van der Waals surface area contributed by atoms with Crippen molar-refractivity contribution in [1.29, 1.82) is 0 Å². The van der Waals surface area contributed by atoms with Crippen LogP contribution in [-0.4, -0.2) is 24.7 Å². The van der Waals surface area contributed by atoms with Gasteiger partial charge < -0.3 is 9.64 Å². The largest absolute Gasteiger partial charge is 0.471 e. The lowest BCUT2D eigenvalue weighted by molar-refractivity contribution is 0.206.